The Kier molecular flexibility index (Phi) is 4.04. The zero-order valence-electron chi connectivity index (χ0n) is 13.3. The third-order valence-electron chi connectivity index (χ3n) is 4.39. The van der Waals surface area contributed by atoms with Crippen LogP contribution in [0.4, 0.5) is 4.39 Å². The summed E-state index contributed by atoms with van der Waals surface area (Å²) in [5, 5.41) is 10.1. The van der Waals surface area contributed by atoms with E-state index in [9.17, 15) is 14.3 Å². The largest absolute Gasteiger partial charge is 0.381 e. The molecule has 0 radical (unpaired) electrons. The Bertz CT molecular complexity index is 722. The lowest BCUT2D eigenvalue weighted by atomic mass is 10.00. The van der Waals surface area contributed by atoms with Crippen LogP contribution in [-0.2, 0) is 17.8 Å². The lowest BCUT2D eigenvalue weighted by Gasteiger charge is -2.32. The van der Waals surface area contributed by atoms with Gasteiger partial charge in [0.2, 0.25) is 0 Å². The zero-order valence-corrected chi connectivity index (χ0v) is 13.3. The maximum absolute atomic E-state index is 13.1. The van der Waals surface area contributed by atoms with Gasteiger partial charge in [-0.3, -0.25) is 9.69 Å². The van der Waals surface area contributed by atoms with E-state index in [1.54, 1.807) is 25.4 Å². The van der Waals surface area contributed by atoms with Gasteiger partial charge in [0, 0.05) is 37.4 Å². The van der Waals surface area contributed by atoms with Crippen molar-refractivity contribution in [1.82, 2.24) is 14.5 Å². The number of Topliss-reactive ketones (excluding diaryl/α,β-unsaturated/α-hetero) is 1. The summed E-state index contributed by atoms with van der Waals surface area (Å²) in [6.45, 7) is 4.57. The second-order valence-electron chi connectivity index (χ2n) is 6.28. The van der Waals surface area contributed by atoms with Crippen molar-refractivity contribution in [3.63, 3.8) is 0 Å². The van der Waals surface area contributed by atoms with Crippen molar-refractivity contribution in [3.8, 4) is 5.69 Å². The second-order valence-corrected chi connectivity index (χ2v) is 6.28. The third kappa shape index (κ3) is 3.18. The summed E-state index contributed by atoms with van der Waals surface area (Å²) in [6.07, 6.45) is 2.51. The predicted octanol–water partition coefficient (Wildman–Crippen LogP) is 1.71. The molecule has 2 aromatic rings. The predicted molar refractivity (Wildman–Crippen MR) is 83.8 cm³/mol. The smallest absolute Gasteiger partial charge is 0.162 e. The van der Waals surface area contributed by atoms with Crippen molar-refractivity contribution in [2.45, 2.75) is 32.4 Å². The van der Waals surface area contributed by atoms with E-state index in [2.05, 4.69) is 4.98 Å². The molecule has 1 N–H and O–H groups in total. The highest BCUT2D eigenvalue weighted by Gasteiger charge is 2.31. The van der Waals surface area contributed by atoms with Crippen LogP contribution in [0.15, 0.2) is 30.6 Å². The van der Waals surface area contributed by atoms with Gasteiger partial charge < -0.3 is 9.67 Å². The van der Waals surface area contributed by atoms with E-state index in [0.29, 0.717) is 13.1 Å². The van der Waals surface area contributed by atoms with Crippen molar-refractivity contribution >= 4 is 5.78 Å². The molecule has 1 atom stereocenters. The molecule has 3 rings (SSSR count). The highest BCUT2D eigenvalue weighted by Crippen LogP contribution is 2.23. The number of nitrogens with zero attached hydrogens (tertiary/aromatic N) is 3. The van der Waals surface area contributed by atoms with Crippen LogP contribution in [-0.4, -0.2) is 44.0 Å². The molecule has 1 aliphatic rings. The monoisotopic (exact) mass is 317 g/mol. The number of imidazole rings is 1. The Hall–Kier alpha value is -2.05. The topological polar surface area (TPSA) is 58.4 Å². The lowest BCUT2D eigenvalue weighted by molar-refractivity contribution is -0.135. The van der Waals surface area contributed by atoms with Crippen molar-refractivity contribution in [2.24, 2.45) is 0 Å². The number of fused-ring (bicyclic) bond motifs is 1. The van der Waals surface area contributed by atoms with Crippen LogP contribution >= 0.6 is 0 Å². The van der Waals surface area contributed by atoms with E-state index in [4.69, 9.17) is 0 Å². The van der Waals surface area contributed by atoms with E-state index in [0.717, 1.165) is 30.0 Å². The number of β-amino-alcohol motifs (C(OH)–C–C–N with tert-alkyl or cyclic N) is 1. The molecule has 122 valence electrons. The molecule has 0 saturated carbocycles. The van der Waals surface area contributed by atoms with Gasteiger partial charge >= 0.3 is 0 Å². The molecule has 23 heavy (non-hydrogen) atoms. The molecule has 0 aliphatic carbocycles. The first-order valence-corrected chi connectivity index (χ1v) is 7.63. The Morgan fingerprint density at radius 2 is 2.09 bits per heavy atom. The number of hydrogen-bond donors (Lipinski definition) is 1. The number of aromatic nitrogens is 2. The zero-order chi connectivity index (χ0) is 16.6. The Labute approximate surface area is 134 Å². The number of ketones is 1. The lowest BCUT2D eigenvalue weighted by Crippen LogP contribution is -2.47. The fourth-order valence-corrected chi connectivity index (χ4v) is 2.87. The molecule has 1 aromatic carbocycles. The molecule has 0 unspecified atom stereocenters. The maximum atomic E-state index is 13.1. The molecule has 0 spiro atoms. The summed E-state index contributed by atoms with van der Waals surface area (Å²) in [6, 6.07) is 6.32. The molecule has 6 heteroatoms. The Balaban J connectivity index is 1.79. The summed E-state index contributed by atoms with van der Waals surface area (Å²) in [5.74, 6) is -0.500. The summed E-state index contributed by atoms with van der Waals surface area (Å²) in [4.78, 5) is 17.9. The molecule has 1 aromatic heterocycles. The average Bonchev–Trinajstić information content (AvgIpc) is 2.90. The Morgan fingerprint density at radius 3 is 2.74 bits per heavy atom. The van der Waals surface area contributed by atoms with E-state index in [1.807, 2.05) is 9.47 Å². The molecule has 0 bridgehead atoms. The van der Waals surface area contributed by atoms with Gasteiger partial charge in [0.05, 0.1) is 12.0 Å². The van der Waals surface area contributed by atoms with Crippen molar-refractivity contribution in [2.75, 3.05) is 13.1 Å². The average molecular weight is 317 g/mol. The van der Waals surface area contributed by atoms with Crippen LogP contribution in [0.25, 0.3) is 5.69 Å². The first-order valence-electron chi connectivity index (χ1n) is 7.63. The number of halogens is 1. The van der Waals surface area contributed by atoms with Crippen LogP contribution in [0.2, 0.25) is 0 Å². The first-order chi connectivity index (χ1) is 10.9. The molecule has 1 aliphatic heterocycles. The fraction of sp³-hybridized carbons (Fsp3) is 0.412. The maximum Gasteiger partial charge on any atom is 0.162 e. The molecular weight excluding hydrogens is 297 g/mol. The van der Waals surface area contributed by atoms with Crippen LogP contribution in [0, 0.1) is 5.82 Å². The standard InChI is InChI=1S/C17H20FN3O2/c1-12(22)17(2,23)10-20-8-7-16-15(9-20)19-11-21(16)14-5-3-13(18)4-6-14/h3-6,11,23H,7-10H2,1-2H3/t17-/m0/s1. The minimum atomic E-state index is -1.34. The number of benzene rings is 1. The van der Waals surface area contributed by atoms with Gasteiger partial charge in [-0.05, 0) is 38.1 Å². The molecular formula is C17H20FN3O2. The number of carbonyl (C=O) groups is 1. The van der Waals surface area contributed by atoms with Gasteiger partial charge in [-0.15, -0.1) is 0 Å². The third-order valence-corrected chi connectivity index (χ3v) is 4.39. The van der Waals surface area contributed by atoms with E-state index < -0.39 is 5.60 Å². The second kappa shape index (κ2) is 5.86. The summed E-state index contributed by atoms with van der Waals surface area (Å²) >= 11 is 0. The van der Waals surface area contributed by atoms with Crippen LogP contribution in [0.3, 0.4) is 0 Å². The summed E-state index contributed by atoms with van der Waals surface area (Å²) in [7, 11) is 0. The van der Waals surface area contributed by atoms with Gasteiger partial charge in [-0.1, -0.05) is 0 Å². The van der Waals surface area contributed by atoms with Crippen LogP contribution in [0.1, 0.15) is 25.2 Å². The van der Waals surface area contributed by atoms with Gasteiger partial charge in [0.1, 0.15) is 11.4 Å². The van der Waals surface area contributed by atoms with Crippen molar-refractivity contribution in [1.29, 1.82) is 0 Å². The van der Waals surface area contributed by atoms with Crippen LogP contribution in [0.5, 0.6) is 0 Å². The summed E-state index contributed by atoms with van der Waals surface area (Å²) in [5.41, 5.74) is 1.57. The van der Waals surface area contributed by atoms with E-state index in [1.165, 1.54) is 19.1 Å². The van der Waals surface area contributed by atoms with Gasteiger partial charge in [0.15, 0.2) is 5.78 Å². The van der Waals surface area contributed by atoms with Gasteiger partial charge in [-0.2, -0.15) is 0 Å². The van der Waals surface area contributed by atoms with Gasteiger partial charge in [0.25, 0.3) is 0 Å². The molecule has 0 fully saturated rings. The number of carbonyl (C=O) groups excluding carboxylic acids is 1. The minimum absolute atomic E-state index is 0.236. The molecule has 0 amide bonds. The first kappa shape index (κ1) is 15.8. The SMILES string of the molecule is CC(=O)[C@@](C)(O)CN1CCc2c(ncn2-c2ccc(F)cc2)C1. The van der Waals surface area contributed by atoms with E-state index >= 15 is 0 Å². The van der Waals surface area contributed by atoms with Crippen molar-refractivity contribution < 1.29 is 14.3 Å². The highest BCUT2D eigenvalue weighted by atomic mass is 19.1. The quantitative estimate of drug-likeness (QED) is 0.933. The summed E-state index contributed by atoms with van der Waals surface area (Å²) < 4.78 is 15.0. The number of hydrogen-bond acceptors (Lipinski definition) is 4. The normalized spacial score (nSPS) is 17.6. The Morgan fingerprint density at radius 1 is 1.39 bits per heavy atom. The fourth-order valence-electron chi connectivity index (χ4n) is 2.87. The van der Waals surface area contributed by atoms with Crippen molar-refractivity contribution in [3.05, 3.63) is 47.8 Å². The van der Waals surface area contributed by atoms with E-state index in [-0.39, 0.29) is 11.6 Å². The van der Waals surface area contributed by atoms with Crippen LogP contribution < -0.4 is 0 Å². The molecule has 0 saturated heterocycles. The van der Waals surface area contributed by atoms with Gasteiger partial charge in [-0.25, -0.2) is 9.37 Å². The molecule has 5 nitrogen and oxygen atoms in total. The number of rotatable bonds is 4. The molecule has 2 heterocycles. The number of aliphatic hydroxyl groups is 1. The highest BCUT2D eigenvalue weighted by molar-refractivity contribution is 5.84. The minimum Gasteiger partial charge on any atom is -0.381 e.